The van der Waals surface area contributed by atoms with Gasteiger partial charge in [0.1, 0.15) is 11.5 Å². The molecule has 176 valence electrons. The zero-order chi connectivity index (χ0) is 23.3. The quantitative estimate of drug-likeness (QED) is 0.566. The van der Waals surface area contributed by atoms with Crippen LogP contribution in [-0.2, 0) is 17.6 Å². The molecule has 5 rings (SSSR count). The van der Waals surface area contributed by atoms with Gasteiger partial charge in [-0.05, 0) is 49.8 Å². The number of rotatable bonds is 4. The van der Waals surface area contributed by atoms with Crippen molar-refractivity contribution < 1.29 is 9.18 Å². The van der Waals surface area contributed by atoms with Crippen LogP contribution in [-0.4, -0.2) is 65.3 Å². The van der Waals surface area contributed by atoms with Crippen LogP contribution >= 0.6 is 0 Å². The SMILES string of the molecule is CC(C(=O)N(C)c1cc2[nH]c(-c3n[nH]c4c3CCC(C)(C)C4)cc2cc1F)N1CCNCC1. The molecule has 2 aliphatic rings. The summed E-state index contributed by atoms with van der Waals surface area (Å²) in [5, 5.41) is 11.9. The van der Waals surface area contributed by atoms with E-state index in [0.29, 0.717) is 0 Å². The predicted octanol–water partition coefficient (Wildman–Crippen LogP) is 3.47. The number of carbonyl (C=O) groups is 1. The zero-order valence-corrected chi connectivity index (χ0v) is 19.9. The molecule has 3 aromatic rings. The lowest BCUT2D eigenvalue weighted by molar-refractivity contribution is -0.123. The average molecular weight is 453 g/mol. The molecule has 3 heterocycles. The lowest BCUT2D eigenvalue weighted by Crippen LogP contribution is -2.53. The fraction of sp³-hybridized carbons (Fsp3) is 0.520. The van der Waals surface area contributed by atoms with Gasteiger partial charge in [0.05, 0.1) is 17.4 Å². The number of carbonyl (C=O) groups excluding carboxylic acids is 1. The van der Waals surface area contributed by atoms with Crippen LogP contribution in [0.5, 0.6) is 0 Å². The smallest absolute Gasteiger partial charge is 0.243 e. The molecule has 1 aromatic carbocycles. The topological polar surface area (TPSA) is 80.0 Å². The maximum Gasteiger partial charge on any atom is 0.243 e. The molecule has 0 bridgehead atoms. The Hall–Kier alpha value is -2.71. The minimum atomic E-state index is -0.401. The molecule has 1 unspecified atom stereocenters. The van der Waals surface area contributed by atoms with Gasteiger partial charge in [-0.15, -0.1) is 0 Å². The van der Waals surface area contributed by atoms with Gasteiger partial charge in [-0.3, -0.25) is 14.8 Å². The third kappa shape index (κ3) is 4.06. The van der Waals surface area contributed by atoms with E-state index in [1.165, 1.54) is 22.2 Å². The van der Waals surface area contributed by atoms with Gasteiger partial charge in [0, 0.05) is 55.4 Å². The van der Waals surface area contributed by atoms with Crippen molar-refractivity contribution in [1.29, 1.82) is 0 Å². The number of anilines is 1. The number of aromatic nitrogens is 3. The number of halogens is 1. The summed E-state index contributed by atoms with van der Waals surface area (Å²) in [5.74, 6) is -0.506. The Morgan fingerprint density at radius 1 is 1.24 bits per heavy atom. The monoisotopic (exact) mass is 452 g/mol. The molecule has 1 aliphatic heterocycles. The molecule has 1 aliphatic carbocycles. The Balaban J connectivity index is 1.43. The number of likely N-dealkylation sites (N-methyl/N-ethyl adjacent to an activating group) is 1. The first-order chi connectivity index (χ1) is 15.7. The number of hydrogen-bond donors (Lipinski definition) is 3. The molecule has 3 N–H and O–H groups in total. The van der Waals surface area contributed by atoms with Crippen molar-refractivity contribution in [3.8, 4) is 11.4 Å². The summed E-state index contributed by atoms with van der Waals surface area (Å²) in [6.45, 7) is 9.81. The predicted molar refractivity (Wildman–Crippen MR) is 129 cm³/mol. The zero-order valence-electron chi connectivity index (χ0n) is 19.9. The molecule has 7 nitrogen and oxygen atoms in total. The largest absolute Gasteiger partial charge is 0.353 e. The van der Waals surface area contributed by atoms with E-state index >= 15 is 4.39 Å². The highest BCUT2D eigenvalue weighted by Crippen LogP contribution is 2.38. The van der Waals surface area contributed by atoms with Crippen LogP contribution in [0.4, 0.5) is 10.1 Å². The molecular weight excluding hydrogens is 419 g/mol. The second kappa shape index (κ2) is 8.25. The lowest BCUT2D eigenvalue weighted by atomic mass is 9.76. The summed E-state index contributed by atoms with van der Waals surface area (Å²) in [6.07, 6.45) is 3.07. The Labute approximate surface area is 193 Å². The minimum absolute atomic E-state index is 0.106. The van der Waals surface area contributed by atoms with E-state index in [1.54, 1.807) is 13.1 Å². The molecule has 33 heavy (non-hydrogen) atoms. The molecule has 0 spiro atoms. The Bertz CT molecular complexity index is 1190. The van der Waals surface area contributed by atoms with E-state index in [4.69, 9.17) is 0 Å². The molecule has 0 saturated carbocycles. The minimum Gasteiger partial charge on any atom is -0.353 e. The maximum atomic E-state index is 15.1. The summed E-state index contributed by atoms with van der Waals surface area (Å²) >= 11 is 0. The van der Waals surface area contributed by atoms with Gasteiger partial charge in [0.2, 0.25) is 5.91 Å². The van der Waals surface area contributed by atoms with Crippen molar-refractivity contribution in [1.82, 2.24) is 25.4 Å². The maximum absolute atomic E-state index is 15.1. The highest BCUT2D eigenvalue weighted by atomic mass is 19.1. The Morgan fingerprint density at radius 2 is 2.00 bits per heavy atom. The van der Waals surface area contributed by atoms with Crippen molar-refractivity contribution in [2.45, 2.75) is 46.1 Å². The summed E-state index contributed by atoms with van der Waals surface area (Å²) in [5.41, 5.74) is 5.58. The van der Waals surface area contributed by atoms with E-state index in [2.05, 4.69) is 39.2 Å². The number of amides is 1. The first kappa shape index (κ1) is 22.1. The van der Waals surface area contributed by atoms with Gasteiger partial charge in [-0.2, -0.15) is 5.10 Å². The number of aromatic amines is 2. The second-order valence-corrected chi connectivity index (χ2v) is 10.3. The molecule has 1 fully saturated rings. The van der Waals surface area contributed by atoms with Crippen LogP contribution in [0.25, 0.3) is 22.3 Å². The Morgan fingerprint density at radius 3 is 2.76 bits per heavy atom. The fourth-order valence-corrected chi connectivity index (χ4v) is 5.22. The van der Waals surface area contributed by atoms with Crippen LogP contribution in [0, 0.1) is 11.2 Å². The van der Waals surface area contributed by atoms with Gasteiger partial charge < -0.3 is 15.2 Å². The van der Waals surface area contributed by atoms with Gasteiger partial charge in [0.25, 0.3) is 0 Å². The molecule has 1 atom stereocenters. The first-order valence-electron chi connectivity index (χ1n) is 11.8. The second-order valence-electron chi connectivity index (χ2n) is 10.3. The van der Waals surface area contributed by atoms with Crippen LogP contribution in [0.1, 0.15) is 38.4 Å². The fourth-order valence-electron chi connectivity index (χ4n) is 5.22. The number of H-pyrrole nitrogens is 2. The number of fused-ring (bicyclic) bond motifs is 2. The summed E-state index contributed by atoms with van der Waals surface area (Å²) in [4.78, 5) is 20.1. The van der Waals surface area contributed by atoms with Gasteiger partial charge >= 0.3 is 0 Å². The summed E-state index contributed by atoms with van der Waals surface area (Å²) in [6, 6.07) is 4.89. The number of hydrogen-bond acceptors (Lipinski definition) is 4. The van der Waals surface area contributed by atoms with Crippen molar-refractivity contribution in [2.24, 2.45) is 5.41 Å². The number of benzene rings is 1. The van der Waals surface area contributed by atoms with E-state index in [0.717, 1.165) is 67.7 Å². The van der Waals surface area contributed by atoms with Gasteiger partial charge in [0.15, 0.2) is 0 Å². The van der Waals surface area contributed by atoms with Crippen molar-refractivity contribution in [3.05, 3.63) is 35.3 Å². The number of nitrogens with zero attached hydrogens (tertiary/aromatic N) is 3. The third-order valence-corrected chi connectivity index (χ3v) is 7.35. The van der Waals surface area contributed by atoms with E-state index < -0.39 is 5.82 Å². The Kier molecular flexibility index (Phi) is 5.53. The molecule has 2 aromatic heterocycles. The number of piperazine rings is 1. The molecule has 1 amide bonds. The van der Waals surface area contributed by atoms with Crippen molar-refractivity contribution in [2.75, 3.05) is 38.1 Å². The molecule has 0 radical (unpaired) electrons. The molecular formula is C25H33FN6O. The highest BCUT2D eigenvalue weighted by Gasteiger charge is 2.30. The standard InChI is InChI=1S/C25H33FN6O/c1-15(32-9-7-27-8-10-32)24(33)31(4)22-13-19-16(11-18(22)26)12-20(28-19)23-17-5-6-25(2,3)14-21(17)29-30-23/h11-13,15,27-28H,5-10,14H2,1-4H3,(H,29,30). The lowest BCUT2D eigenvalue weighted by Gasteiger charge is -2.34. The van der Waals surface area contributed by atoms with E-state index in [-0.39, 0.29) is 23.1 Å². The van der Waals surface area contributed by atoms with Crippen LogP contribution in [0.3, 0.4) is 0 Å². The first-order valence-corrected chi connectivity index (χ1v) is 11.8. The van der Waals surface area contributed by atoms with Crippen molar-refractivity contribution >= 4 is 22.5 Å². The van der Waals surface area contributed by atoms with Crippen LogP contribution in [0.2, 0.25) is 0 Å². The average Bonchev–Trinajstić information content (AvgIpc) is 3.39. The van der Waals surface area contributed by atoms with E-state index in [1.807, 2.05) is 13.0 Å². The van der Waals surface area contributed by atoms with Crippen molar-refractivity contribution in [3.63, 3.8) is 0 Å². The molecule has 1 saturated heterocycles. The number of nitrogens with one attached hydrogen (secondary N) is 3. The van der Waals surface area contributed by atoms with Gasteiger partial charge in [-0.25, -0.2) is 4.39 Å². The van der Waals surface area contributed by atoms with Gasteiger partial charge in [-0.1, -0.05) is 13.8 Å². The third-order valence-electron chi connectivity index (χ3n) is 7.35. The normalized spacial score (nSPS) is 19.4. The summed E-state index contributed by atoms with van der Waals surface area (Å²) in [7, 11) is 1.65. The van der Waals surface area contributed by atoms with Crippen LogP contribution in [0.15, 0.2) is 18.2 Å². The molecule has 8 heteroatoms. The summed E-state index contributed by atoms with van der Waals surface area (Å²) < 4.78 is 15.1. The van der Waals surface area contributed by atoms with Crippen LogP contribution < -0.4 is 10.2 Å². The highest BCUT2D eigenvalue weighted by molar-refractivity contribution is 5.99. The van der Waals surface area contributed by atoms with E-state index in [9.17, 15) is 4.79 Å².